The van der Waals surface area contributed by atoms with Crippen LogP contribution >= 0.6 is 0 Å². The molecule has 0 spiro atoms. The van der Waals surface area contributed by atoms with Crippen LogP contribution in [0.1, 0.15) is 58.3 Å². The van der Waals surface area contributed by atoms with Gasteiger partial charge in [0.05, 0.1) is 0 Å². The number of hydrogen-bond donors (Lipinski definition) is 0. The van der Waals surface area contributed by atoms with Crippen LogP contribution in [0.25, 0.3) is 0 Å². The molecule has 4 nitrogen and oxygen atoms in total. The minimum absolute atomic E-state index is 0.186. The Kier molecular flexibility index (Phi) is 7.08. The van der Waals surface area contributed by atoms with E-state index >= 15 is 0 Å². The number of ketones is 1. The molecular weight excluding hydrogens is 242 g/mol. The number of rotatable bonds is 10. The third-order valence-corrected chi connectivity index (χ3v) is 3.31. The van der Waals surface area contributed by atoms with Gasteiger partial charge >= 0.3 is 0 Å². The van der Waals surface area contributed by atoms with Gasteiger partial charge in [0.1, 0.15) is 5.78 Å². The fraction of sp³-hybridized carbons (Fsp3) is 0.667. The number of unbranched alkanes of at least 4 members (excludes halogenated alkanes) is 6. The monoisotopic (exact) mass is 265 g/mol. The van der Waals surface area contributed by atoms with Gasteiger partial charge in [0.25, 0.3) is 11.8 Å². The molecule has 0 atom stereocenters. The first-order valence-corrected chi connectivity index (χ1v) is 7.14. The van der Waals surface area contributed by atoms with Gasteiger partial charge in [-0.3, -0.25) is 14.5 Å². The maximum Gasteiger partial charge on any atom is 0.253 e. The Morgan fingerprint density at radius 2 is 1.37 bits per heavy atom. The second-order valence-electron chi connectivity index (χ2n) is 5.09. The number of amides is 2. The van der Waals surface area contributed by atoms with Crippen molar-refractivity contribution in [2.75, 3.05) is 6.54 Å². The molecule has 1 aliphatic rings. The van der Waals surface area contributed by atoms with Crippen LogP contribution in [0.3, 0.4) is 0 Å². The summed E-state index contributed by atoms with van der Waals surface area (Å²) in [7, 11) is 0. The summed E-state index contributed by atoms with van der Waals surface area (Å²) >= 11 is 0. The van der Waals surface area contributed by atoms with E-state index in [0.29, 0.717) is 13.0 Å². The average Bonchev–Trinajstić information content (AvgIpc) is 2.67. The van der Waals surface area contributed by atoms with Crippen LogP contribution in [-0.2, 0) is 14.4 Å². The third-order valence-electron chi connectivity index (χ3n) is 3.31. The SMILES string of the molecule is CC(=O)CCCCCCCCCN1C(=O)C=CC1=O. The van der Waals surface area contributed by atoms with Crippen LogP contribution in [0.5, 0.6) is 0 Å². The molecule has 4 heteroatoms. The Morgan fingerprint density at radius 3 is 1.89 bits per heavy atom. The summed E-state index contributed by atoms with van der Waals surface area (Å²) < 4.78 is 0. The number of Topliss-reactive ketones (excluding diaryl/α,β-unsaturated/α-hetero) is 1. The Balaban J connectivity index is 1.90. The smallest absolute Gasteiger partial charge is 0.253 e. The minimum Gasteiger partial charge on any atom is -0.300 e. The van der Waals surface area contributed by atoms with E-state index in [0.717, 1.165) is 44.9 Å². The highest BCUT2D eigenvalue weighted by molar-refractivity contribution is 6.12. The molecule has 0 fully saturated rings. The maximum atomic E-state index is 11.3. The number of imide groups is 1. The minimum atomic E-state index is -0.186. The van der Waals surface area contributed by atoms with Crippen molar-refractivity contribution in [1.82, 2.24) is 4.90 Å². The van der Waals surface area contributed by atoms with Crippen LogP contribution in [0, 0.1) is 0 Å². The molecule has 1 rings (SSSR count). The molecule has 106 valence electrons. The standard InChI is InChI=1S/C15H23NO3/c1-13(17)9-7-5-3-2-4-6-8-12-16-14(18)10-11-15(16)19/h10-11H,2-9,12H2,1H3. The van der Waals surface area contributed by atoms with Gasteiger partial charge in [0, 0.05) is 25.1 Å². The summed E-state index contributed by atoms with van der Waals surface area (Å²) in [6.07, 6.45) is 10.9. The summed E-state index contributed by atoms with van der Waals surface area (Å²) in [4.78, 5) is 34.6. The molecule has 0 unspecified atom stereocenters. The lowest BCUT2D eigenvalue weighted by Crippen LogP contribution is -2.30. The second-order valence-corrected chi connectivity index (χ2v) is 5.09. The zero-order valence-electron chi connectivity index (χ0n) is 11.7. The van der Waals surface area contributed by atoms with Crippen LogP contribution in [0.4, 0.5) is 0 Å². The van der Waals surface area contributed by atoms with Gasteiger partial charge in [0.15, 0.2) is 0 Å². The van der Waals surface area contributed by atoms with Gasteiger partial charge in [-0.1, -0.05) is 32.1 Å². The van der Waals surface area contributed by atoms with E-state index in [1.165, 1.54) is 17.1 Å². The van der Waals surface area contributed by atoms with E-state index in [-0.39, 0.29) is 17.6 Å². The van der Waals surface area contributed by atoms with Gasteiger partial charge < -0.3 is 4.79 Å². The normalized spacial score (nSPS) is 14.5. The highest BCUT2D eigenvalue weighted by Crippen LogP contribution is 2.11. The lowest BCUT2D eigenvalue weighted by atomic mass is 10.1. The molecule has 1 aliphatic heterocycles. The summed E-state index contributed by atoms with van der Waals surface area (Å²) in [5, 5.41) is 0. The number of carbonyl (C=O) groups excluding carboxylic acids is 3. The Bertz CT molecular complexity index is 342. The lowest BCUT2D eigenvalue weighted by molar-refractivity contribution is -0.136. The fourth-order valence-electron chi connectivity index (χ4n) is 2.18. The first kappa shape index (κ1) is 15.6. The second kappa shape index (κ2) is 8.62. The summed E-state index contributed by atoms with van der Waals surface area (Å²) in [6.45, 7) is 2.17. The first-order valence-electron chi connectivity index (χ1n) is 7.14. The lowest BCUT2D eigenvalue weighted by Gasteiger charge is -2.12. The Hall–Kier alpha value is -1.45. The zero-order chi connectivity index (χ0) is 14.1. The third kappa shape index (κ3) is 6.32. The van der Waals surface area contributed by atoms with E-state index in [1.54, 1.807) is 6.92 Å². The largest absolute Gasteiger partial charge is 0.300 e. The van der Waals surface area contributed by atoms with Crippen LogP contribution in [0.15, 0.2) is 12.2 Å². The van der Waals surface area contributed by atoms with Crippen molar-refractivity contribution in [3.8, 4) is 0 Å². The number of hydrogen-bond acceptors (Lipinski definition) is 3. The zero-order valence-corrected chi connectivity index (χ0v) is 11.7. The predicted molar refractivity (Wildman–Crippen MR) is 73.5 cm³/mol. The maximum absolute atomic E-state index is 11.3. The van der Waals surface area contributed by atoms with Gasteiger partial charge in [-0.2, -0.15) is 0 Å². The molecule has 0 radical (unpaired) electrons. The van der Waals surface area contributed by atoms with Crippen molar-refractivity contribution < 1.29 is 14.4 Å². The molecule has 19 heavy (non-hydrogen) atoms. The predicted octanol–water partition coefficient (Wildman–Crippen LogP) is 2.62. The Morgan fingerprint density at radius 1 is 0.895 bits per heavy atom. The molecular formula is C15H23NO3. The summed E-state index contributed by atoms with van der Waals surface area (Å²) in [5.74, 6) is -0.1000. The molecule has 0 aromatic rings. The topological polar surface area (TPSA) is 54.5 Å². The number of nitrogens with zero attached hydrogens (tertiary/aromatic N) is 1. The van der Waals surface area contributed by atoms with E-state index in [4.69, 9.17) is 0 Å². The molecule has 0 bridgehead atoms. The van der Waals surface area contributed by atoms with Gasteiger partial charge in [0.2, 0.25) is 0 Å². The molecule has 1 heterocycles. The van der Waals surface area contributed by atoms with Crippen LogP contribution in [-0.4, -0.2) is 29.0 Å². The van der Waals surface area contributed by atoms with E-state index in [9.17, 15) is 14.4 Å². The van der Waals surface area contributed by atoms with E-state index in [1.807, 2.05) is 0 Å². The molecule has 0 aromatic carbocycles. The fourth-order valence-corrected chi connectivity index (χ4v) is 2.18. The van der Waals surface area contributed by atoms with Crippen LogP contribution < -0.4 is 0 Å². The van der Waals surface area contributed by atoms with Gasteiger partial charge in [-0.15, -0.1) is 0 Å². The molecule has 0 N–H and O–H groups in total. The van der Waals surface area contributed by atoms with Crippen molar-refractivity contribution in [3.63, 3.8) is 0 Å². The van der Waals surface area contributed by atoms with Crippen molar-refractivity contribution >= 4 is 17.6 Å². The van der Waals surface area contributed by atoms with Gasteiger partial charge in [-0.05, 0) is 19.8 Å². The first-order chi connectivity index (χ1) is 9.11. The average molecular weight is 265 g/mol. The Labute approximate surface area is 114 Å². The van der Waals surface area contributed by atoms with E-state index < -0.39 is 0 Å². The summed E-state index contributed by atoms with van der Waals surface area (Å²) in [6, 6.07) is 0. The highest BCUT2D eigenvalue weighted by Gasteiger charge is 2.21. The van der Waals surface area contributed by atoms with Crippen molar-refractivity contribution in [1.29, 1.82) is 0 Å². The van der Waals surface area contributed by atoms with Crippen molar-refractivity contribution in [2.45, 2.75) is 58.3 Å². The molecule has 0 saturated carbocycles. The van der Waals surface area contributed by atoms with Crippen molar-refractivity contribution in [3.05, 3.63) is 12.2 Å². The van der Waals surface area contributed by atoms with E-state index in [2.05, 4.69) is 0 Å². The highest BCUT2D eigenvalue weighted by atomic mass is 16.2. The van der Waals surface area contributed by atoms with Crippen LogP contribution in [0.2, 0.25) is 0 Å². The molecule has 0 aliphatic carbocycles. The van der Waals surface area contributed by atoms with Gasteiger partial charge in [-0.25, -0.2) is 0 Å². The molecule has 0 aromatic heterocycles. The molecule has 0 saturated heterocycles. The number of carbonyl (C=O) groups is 3. The summed E-state index contributed by atoms with van der Waals surface area (Å²) in [5.41, 5.74) is 0. The van der Waals surface area contributed by atoms with Crippen molar-refractivity contribution in [2.24, 2.45) is 0 Å². The molecule has 2 amide bonds. The quantitative estimate of drug-likeness (QED) is 0.450.